The van der Waals surface area contributed by atoms with E-state index >= 15 is 0 Å². The lowest BCUT2D eigenvalue weighted by Gasteiger charge is -2.10. The maximum Gasteiger partial charge on any atom is -0.0106 e. The van der Waals surface area contributed by atoms with Gasteiger partial charge in [0, 0.05) is 0 Å². The maximum absolute atomic E-state index is 4.85. The van der Waals surface area contributed by atoms with Gasteiger partial charge in [-0.25, -0.2) is 0 Å². The SMILES string of the molecule is CC=C1c2ccccc2CCc2ccccc21.CCN. The Morgan fingerprint density at radius 3 is 1.70 bits per heavy atom. The van der Waals surface area contributed by atoms with Crippen LogP contribution in [0.25, 0.3) is 5.57 Å². The van der Waals surface area contributed by atoms with Crippen LogP contribution in [0.1, 0.15) is 36.1 Å². The first-order valence-electron chi connectivity index (χ1n) is 7.34. The van der Waals surface area contributed by atoms with Crippen molar-refractivity contribution >= 4 is 5.57 Å². The molecule has 0 saturated heterocycles. The van der Waals surface area contributed by atoms with E-state index in [4.69, 9.17) is 5.73 Å². The molecule has 0 heterocycles. The highest BCUT2D eigenvalue weighted by molar-refractivity contribution is 5.83. The summed E-state index contributed by atoms with van der Waals surface area (Å²) < 4.78 is 0. The average molecular weight is 265 g/mol. The Kier molecular flexibility index (Phi) is 5.14. The molecule has 0 atom stereocenters. The zero-order valence-corrected chi connectivity index (χ0v) is 12.4. The number of fused-ring (bicyclic) bond motifs is 2. The zero-order valence-electron chi connectivity index (χ0n) is 12.4. The fourth-order valence-electron chi connectivity index (χ4n) is 2.73. The lowest BCUT2D eigenvalue weighted by atomic mass is 9.94. The Morgan fingerprint density at radius 2 is 1.30 bits per heavy atom. The Morgan fingerprint density at radius 1 is 0.900 bits per heavy atom. The maximum atomic E-state index is 4.85. The Hall–Kier alpha value is -1.86. The molecule has 0 aliphatic heterocycles. The molecule has 0 aromatic heterocycles. The predicted molar refractivity (Wildman–Crippen MR) is 87.8 cm³/mol. The summed E-state index contributed by atoms with van der Waals surface area (Å²) in [6, 6.07) is 17.5. The van der Waals surface area contributed by atoms with Crippen LogP contribution in [-0.2, 0) is 12.8 Å². The van der Waals surface area contributed by atoms with Crippen molar-refractivity contribution in [2.24, 2.45) is 5.73 Å². The van der Waals surface area contributed by atoms with E-state index in [2.05, 4.69) is 61.5 Å². The molecular weight excluding hydrogens is 242 g/mol. The quantitative estimate of drug-likeness (QED) is 0.759. The summed E-state index contributed by atoms with van der Waals surface area (Å²) in [5.74, 6) is 0. The van der Waals surface area contributed by atoms with Gasteiger partial charge in [0.15, 0.2) is 0 Å². The second kappa shape index (κ2) is 7.06. The molecule has 0 amide bonds. The van der Waals surface area contributed by atoms with Crippen LogP contribution in [0.5, 0.6) is 0 Å². The Labute approximate surface area is 122 Å². The van der Waals surface area contributed by atoms with E-state index in [1.54, 1.807) is 0 Å². The van der Waals surface area contributed by atoms with Crippen LogP contribution >= 0.6 is 0 Å². The molecule has 2 aromatic carbocycles. The molecule has 0 radical (unpaired) electrons. The standard InChI is InChI=1S/C17H16.C2H7N/c1-2-15-16-9-5-3-7-13(16)11-12-14-8-4-6-10-17(14)15;1-2-3/h2-10H,11-12H2,1H3;2-3H2,1H3. The lowest BCUT2D eigenvalue weighted by molar-refractivity contribution is 0.965. The number of hydrogen-bond donors (Lipinski definition) is 1. The first kappa shape index (κ1) is 14.5. The molecule has 1 aliphatic rings. The van der Waals surface area contributed by atoms with Gasteiger partial charge in [-0.15, -0.1) is 0 Å². The van der Waals surface area contributed by atoms with Gasteiger partial charge >= 0.3 is 0 Å². The van der Waals surface area contributed by atoms with Crippen molar-refractivity contribution in [3.05, 3.63) is 76.9 Å². The summed E-state index contributed by atoms with van der Waals surface area (Å²) in [5.41, 5.74) is 12.0. The minimum atomic E-state index is 0.750. The first-order valence-corrected chi connectivity index (χ1v) is 7.34. The monoisotopic (exact) mass is 265 g/mol. The summed E-state index contributed by atoms with van der Waals surface area (Å²) in [5, 5.41) is 0. The molecule has 0 fully saturated rings. The van der Waals surface area contributed by atoms with Gasteiger partial charge in [-0.2, -0.15) is 0 Å². The summed E-state index contributed by atoms with van der Waals surface area (Å²) in [6.07, 6.45) is 4.53. The molecule has 0 bridgehead atoms. The number of nitrogens with two attached hydrogens (primary N) is 1. The van der Waals surface area contributed by atoms with Gasteiger partial charge in [0.05, 0.1) is 0 Å². The summed E-state index contributed by atoms with van der Waals surface area (Å²) in [7, 11) is 0. The van der Waals surface area contributed by atoms with Crippen molar-refractivity contribution < 1.29 is 0 Å². The molecule has 1 aliphatic carbocycles. The molecule has 0 unspecified atom stereocenters. The lowest BCUT2D eigenvalue weighted by Crippen LogP contribution is -1.90. The van der Waals surface area contributed by atoms with Crippen molar-refractivity contribution in [3.8, 4) is 0 Å². The number of hydrogen-bond acceptors (Lipinski definition) is 1. The molecule has 2 N–H and O–H groups in total. The molecule has 1 nitrogen and oxygen atoms in total. The minimum absolute atomic E-state index is 0.750. The third-order valence-corrected chi connectivity index (χ3v) is 3.57. The number of rotatable bonds is 0. The molecule has 3 rings (SSSR count). The molecule has 104 valence electrons. The zero-order chi connectivity index (χ0) is 14.4. The van der Waals surface area contributed by atoms with Crippen LogP contribution in [0, 0.1) is 0 Å². The van der Waals surface area contributed by atoms with Crippen molar-refractivity contribution in [1.82, 2.24) is 0 Å². The van der Waals surface area contributed by atoms with Crippen LogP contribution in [0.15, 0.2) is 54.6 Å². The smallest absolute Gasteiger partial charge is 0.0106 e. The highest BCUT2D eigenvalue weighted by atomic mass is 14.5. The molecule has 20 heavy (non-hydrogen) atoms. The van der Waals surface area contributed by atoms with Gasteiger partial charge in [-0.05, 0) is 54.1 Å². The number of benzene rings is 2. The van der Waals surface area contributed by atoms with Gasteiger partial charge < -0.3 is 5.73 Å². The van der Waals surface area contributed by atoms with Gasteiger partial charge in [0.2, 0.25) is 0 Å². The van der Waals surface area contributed by atoms with Gasteiger partial charge in [0.1, 0.15) is 0 Å². The predicted octanol–water partition coefficient (Wildman–Crippen LogP) is 4.20. The normalized spacial score (nSPS) is 12.4. The molecular formula is C19H23N. The van der Waals surface area contributed by atoms with Crippen molar-refractivity contribution in [1.29, 1.82) is 0 Å². The van der Waals surface area contributed by atoms with Crippen LogP contribution in [0.2, 0.25) is 0 Å². The topological polar surface area (TPSA) is 26.0 Å². The van der Waals surface area contributed by atoms with E-state index in [1.807, 2.05) is 6.92 Å². The van der Waals surface area contributed by atoms with E-state index < -0.39 is 0 Å². The van der Waals surface area contributed by atoms with Crippen LogP contribution < -0.4 is 5.73 Å². The highest BCUT2D eigenvalue weighted by Gasteiger charge is 2.16. The van der Waals surface area contributed by atoms with Gasteiger partial charge in [-0.3, -0.25) is 0 Å². The molecule has 2 aromatic rings. The summed E-state index contributed by atoms with van der Waals surface area (Å²) in [4.78, 5) is 0. The molecule has 0 spiro atoms. The van der Waals surface area contributed by atoms with Crippen LogP contribution in [-0.4, -0.2) is 6.54 Å². The van der Waals surface area contributed by atoms with Gasteiger partial charge in [0.25, 0.3) is 0 Å². The third-order valence-electron chi connectivity index (χ3n) is 3.57. The summed E-state index contributed by atoms with van der Waals surface area (Å²) >= 11 is 0. The molecule has 0 saturated carbocycles. The van der Waals surface area contributed by atoms with Crippen molar-refractivity contribution in [2.75, 3.05) is 6.54 Å². The average Bonchev–Trinajstić information content (AvgIpc) is 2.64. The van der Waals surface area contributed by atoms with Crippen LogP contribution in [0.3, 0.4) is 0 Å². The van der Waals surface area contributed by atoms with E-state index in [0.717, 1.165) is 19.4 Å². The van der Waals surface area contributed by atoms with Crippen molar-refractivity contribution in [2.45, 2.75) is 26.7 Å². The van der Waals surface area contributed by atoms with E-state index in [0.29, 0.717) is 0 Å². The van der Waals surface area contributed by atoms with E-state index in [1.165, 1.54) is 27.8 Å². The third kappa shape index (κ3) is 3.00. The van der Waals surface area contributed by atoms with Crippen molar-refractivity contribution in [3.63, 3.8) is 0 Å². The number of allylic oxidation sites excluding steroid dienone is 1. The second-order valence-electron chi connectivity index (χ2n) is 4.92. The van der Waals surface area contributed by atoms with Gasteiger partial charge in [-0.1, -0.05) is 61.5 Å². The largest absolute Gasteiger partial charge is 0.331 e. The highest BCUT2D eigenvalue weighted by Crippen LogP contribution is 2.32. The first-order chi connectivity index (χ1) is 9.81. The fourth-order valence-corrected chi connectivity index (χ4v) is 2.73. The van der Waals surface area contributed by atoms with Crippen LogP contribution in [0.4, 0.5) is 0 Å². The summed E-state index contributed by atoms with van der Waals surface area (Å²) in [6.45, 7) is 4.79. The van der Waals surface area contributed by atoms with E-state index in [-0.39, 0.29) is 0 Å². The van der Waals surface area contributed by atoms with E-state index in [9.17, 15) is 0 Å². The fraction of sp³-hybridized carbons (Fsp3) is 0.263. The number of aryl methyl sites for hydroxylation is 2. The second-order valence-corrected chi connectivity index (χ2v) is 4.92. The Bertz CT molecular complexity index is 547. The molecule has 1 heteroatoms. The minimum Gasteiger partial charge on any atom is -0.331 e. The Balaban J connectivity index is 0.000000452.